The van der Waals surface area contributed by atoms with Crippen molar-refractivity contribution in [3.05, 3.63) is 28.2 Å². The summed E-state index contributed by atoms with van der Waals surface area (Å²) in [5.74, 6) is -0.876. The van der Waals surface area contributed by atoms with Gasteiger partial charge < -0.3 is 5.11 Å². The number of aromatic nitrogens is 4. The molecule has 2 aromatic rings. The molecule has 0 saturated carbocycles. The SMILES string of the molecule is Cc1c(Br)cccc1-c1nnnn1C(C)C(C)C(=O)O. The highest BCUT2D eigenvalue weighted by molar-refractivity contribution is 9.10. The second kappa shape index (κ2) is 5.70. The van der Waals surface area contributed by atoms with Crippen LogP contribution in [-0.4, -0.2) is 31.3 Å². The number of benzene rings is 1. The molecule has 7 heteroatoms. The van der Waals surface area contributed by atoms with E-state index in [4.69, 9.17) is 5.11 Å². The number of carbonyl (C=O) groups is 1. The van der Waals surface area contributed by atoms with E-state index >= 15 is 0 Å². The zero-order valence-electron chi connectivity index (χ0n) is 11.4. The van der Waals surface area contributed by atoms with Gasteiger partial charge in [0.2, 0.25) is 0 Å². The van der Waals surface area contributed by atoms with Crippen molar-refractivity contribution in [2.45, 2.75) is 26.8 Å². The summed E-state index contributed by atoms with van der Waals surface area (Å²) in [5.41, 5.74) is 1.90. The molecule has 1 aromatic carbocycles. The number of nitrogens with zero attached hydrogens (tertiary/aromatic N) is 4. The third kappa shape index (κ3) is 2.58. The number of halogens is 1. The van der Waals surface area contributed by atoms with Gasteiger partial charge in [0, 0.05) is 10.0 Å². The van der Waals surface area contributed by atoms with E-state index in [1.54, 1.807) is 18.5 Å². The van der Waals surface area contributed by atoms with Gasteiger partial charge in [0.1, 0.15) is 0 Å². The van der Waals surface area contributed by atoms with Crippen molar-refractivity contribution >= 4 is 21.9 Å². The molecule has 6 nitrogen and oxygen atoms in total. The normalized spacial score (nSPS) is 14.0. The predicted molar refractivity (Wildman–Crippen MR) is 77.2 cm³/mol. The third-order valence-corrected chi connectivity index (χ3v) is 4.36. The average Bonchev–Trinajstić information content (AvgIpc) is 2.89. The lowest BCUT2D eigenvalue weighted by molar-refractivity contribution is -0.142. The summed E-state index contributed by atoms with van der Waals surface area (Å²) in [7, 11) is 0. The van der Waals surface area contributed by atoms with Gasteiger partial charge in [0.15, 0.2) is 5.82 Å². The highest BCUT2D eigenvalue weighted by Gasteiger charge is 2.25. The smallest absolute Gasteiger partial charge is 0.308 e. The fourth-order valence-corrected chi connectivity index (χ4v) is 2.28. The molecule has 0 saturated heterocycles. The van der Waals surface area contributed by atoms with Gasteiger partial charge in [-0.2, -0.15) is 0 Å². The van der Waals surface area contributed by atoms with Crippen LogP contribution in [-0.2, 0) is 4.79 Å². The number of aliphatic carboxylic acids is 1. The van der Waals surface area contributed by atoms with Crippen molar-refractivity contribution in [3.63, 3.8) is 0 Å². The van der Waals surface area contributed by atoms with Crippen LogP contribution in [0.4, 0.5) is 0 Å². The maximum atomic E-state index is 11.1. The van der Waals surface area contributed by atoms with E-state index in [2.05, 4.69) is 31.5 Å². The molecule has 1 N–H and O–H groups in total. The number of carboxylic acid groups (broad SMARTS) is 1. The molecule has 106 valence electrons. The first-order chi connectivity index (χ1) is 9.43. The van der Waals surface area contributed by atoms with Gasteiger partial charge in [-0.15, -0.1) is 5.10 Å². The van der Waals surface area contributed by atoms with Crippen LogP contribution in [0.5, 0.6) is 0 Å². The molecule has 1 heterocycles. The van der Waals surface area contributed by atoms with Gasteiger partial charge in [-0.25, -0.2) is 4.68 Å². The van der Waals surface area contributed by atoms with Crippen LogP contribution in [0.3, 0.4) is 0 Å². The summed E-state index contributed by atoms with van der Waals surface area (Å²) < 4.78 is 2.52. The maximum absolute atomic E-state index is 11.1. The van der Waals surface area contributed by atoms with Crippen molar-refractivity contribution in [2.24, 2.45) is 5.92 Å². The molecule has 0 fully saturated rings. The van der Waals surface area contributed by atoms with E-state index in [-0.39, 0.29) is 6.04 Å². The Morgan fingerprint density at radius 3 is 2.75 bits per heavy atom. The molecule has 0 aliphatic carbocycles. The van der Waals surface area contributed by atoms with Crippen molar-refractivity contribution in [1.29, 1.82) is 0 Å². The Balaban J connectivity index is 2.48. The first-order valence-corrected chi connectivity index (χ1v) is 6.99. The minimum Gasteiger partial charge on any atom is -0.481 e. The Morgan fingerprint density at radius 2 is 2.10 bits per heavy atom. The molecule has 0 radical (unpaired) electrons. The van der Waals surface area contributed by atoms with Gasteiger partial charge in [0.05, 0.1) is 12.0 Å². The summed E-state index contributed by atoms with van der Waals surface area (Å²) in [4.78, 5) is 11.1. The maximum Gasteiger partial charge on any atom is 0.308 e. The van der Waals surface area contributed by atoms with Crippen molar-refractivity contribution in [2.75, 3.05) is 0 Å². The van der Waals surface area contributed by atoms with E-state index in [9.17, 15) is 4.79 Å². The first kappa shape index (κ1) is 14.6. The van der Waals surface area contributed by atoms with Gasteiger partial charge in [-0.05, 0) is 42.8 Å². The summed E-state index contributed by atoms with van der Waals surface area (Å²) >= 11 is 3.47. The quantitative estimate of drug-likeness (QED) is 0.926. The minimum absolute atomic E-state index is 0.337. The summed E-state index contributed by atoms with van der Waals surface area (Å²) in [6, 6.07) is 5.42. The number of carboxylic acids is 1. The fourth-order valence-electron chi connectivity index (χ4n) is 1.91. The van der Waals surface area contributed by atoms with Crippen LogP contribution in [0.2, 0.25) is 0 Å². The highest BCUT2D eigenvalue weighted by atomic mass is 79.9. The molecule has 0 aliphatic rings. The van der Waals surface area contributed by atoms with Gasteiger partial charge in [-0.3, -0.25) is 4.79 Å². The lowest BCUT2D eigenvalue weighted by Crippen LogP contribution is -2.23. The van der Waals surface area contributed by atoms with Crippen LogP contribution in [0.25, 0.3) is 11.4 Å². The third-order valence-electron chi connectivity index (χ3n) is 3.50. The standard InChI is InChI=1S/C13H15BrN4O2/c1-7(13(19)20)9(3)18-12(15-16-17-18)10-5-4-6-11(14)8(10)2/h4-7,9H,1-3H3,(H,19,20). The predicted octanol–water partition coefficient (Wildman–Crippen LogP) is 2.69. The Bertz CT molecular complexity index is 641. The van der Waals surface area contributed by atoms with Crippen molar-refractivity contribution < 1.29 is 9.90 Å². The number of hydrogen-bond donors (Lipinski definition) is 1. The van der Waals surface area contributed by atoms with Crippen LogP contribution in [0.15, 0.2) is 22.7 Å². The molecular formula is C13H15BrN4O2. The van der Waals surface area contributed by atoms with E-state index < -0.39 is 11.9 Å². The molecule has 0 aliphatic heterocycles. The Kier molecular flexibility index (Phi) is 4.17. The molecule has 1 aromatic heterocycles. The second-order valence-corrected chi connectivity index (χ2v) is 5.58. The van der Waals surface area contributed by atoms with Gasteiger partial charge in [0.25, 0.3) is 0 Å². The van der Waals surface area contributed by atoms with E-state index in [0.717, 1.165) is 15.6 Å². The van der Waals surface area contributed by atoms with Crippen LogP contribution >= 0.6 is 15.9 Å². The number of rotatable bonds is 4. The first-order valence-electron chi connectivity index (χ1n) is 6.19. The topological polar surface area (TPSA) is 80.9 Å². The highest BCUT2D eigenvalue weighted by Crippen LogP contribution is 2.29. The van der Waals surface area contributed by atoms with Gasteiger partial charge in [-0.1, -0.05) is 28.1 Å². The number of hydrogen-bond acceptors (Lipinski definition) is 4. The molecule has 2 atom stereocenters. The Hall–Kier alpha value is -1.76. The Morgan fingerprint density at radius 1 is 1.40 bits per heavy atom. The molecule has 20 heavy (non-hydrogen) atoms. The lowest BCUT2D eigenvalue weighted by atomic mass is 10.0. The van der Waals surface area contributed by atoms with Crippen LogP contribution in [0, 0.1) is 12.8 Å². The van der Waals surface area contributed by atoms with Crippen molar-refractivity contribution in [3.8, 4) is 11.4 Å². The minimum atomic E-state index is -0.870. The summed E-state index contributed by atoms with van der Waals surface area (Å²) in [5, 5.41) is 20.8. The second-order valence-electron chi connectivity index (χ2n) is 4.73. The number of tetrazole rings is 1. The zero-order valence-corrected chi connectivity index (χ0v) is 13.0. The van der Waals surface area contributed by atoms with Crippen LogP contribution in [0.1, 0.15) is 25.5 Å². The fraction of sp³-hybridized carbons (Fsp3) is 0.385. The zero-order chi connectivity index (χ0) is 14.9. The van der Waals surface area contributed by atoms with Crippen molar-refractivity contribution in [1.82, 2.24) is 20.2 Å². The monoisotopic (exact) mass is 338 g/mol. The Labute approximate surface area is 124 Å². The average molecular weight is 339 g/mol. The lowest BCUT2D eigenvalue weighted by Gasteiger charge is -2.18. The van der Waals surface area contributed by atoms with E-state index in [1.807, 2.05) is 25.1 Å². The van der Waals surface area contributed by atoms with E-state index in [0.29, 0.717) is 5.82 Å². The molecular weight excluding hydrogens is 324 g/mol. The molecule has 0 amide bonds. The van der Waals surface area contributed by atoms with Crippen LogP contribution < -0.4 is 0 Å². The molecule has 2 rings (SSSR count). The van der Waals surface area contributed by atoms with E-state index in [1.165, 1.54) is 0 Å². The largest absolute Gasteiger partial charge is 0.481 e. The summed E-state index contributed by atoms with van der Waals surface area (Å²) in [6.45, 7) is 5.40. The summed E-state index contributed by atoms with van der Waals surface area (Å²) in [6.07, 6.45) is 0. The molecule has 0 spiro atoms. The van der Waals surface area contributed by atoms with Gasteiger partial charge >= 0.3 is 5.97 Å². The molecule has 2 unspecified atom stereocenters. The molecule has 0 bridgehead atoms.